The molecule has 4 aliphatic rings. The number of fused-ring (bicyclic) bond motifs is 5. The molecule has 32 heavy (non-hydrogen) atoms. The Kier molecular flexibility index (Phi) is 6.50. The van der Waals surface area contributed by atoms with Crippen LogP contribution in [-0.2, 0) is 14.3 Å². The third-order valence-corrected chi connectivity index (χ3v) is 9.95. The number of hydrogen-bond donors (Lipinski definition) is 2. The van der Waals surface area contributed by atoms with Crippen LogP contribution in [0, 0.1) is 34.5 Å². The topological polar surface area (TPSA) is 83.8 Å². The van der Waals surface area contributed by atoms with Gasteiger partial charge in [-0.25, -0.2) is 0 Å². The number of rotatable bonds is 7. The molecule has 0 heterocycles. The van der Waals surface area contributed by atoms with E-state index in [2.05, 4.69) is 20.8 Å². The maximum Gasteiger partial charge on any atom is 0.190 e. The maximum atomic E-state index is 13.2. The fourth-order valence-corrected chi connectivity index (χ4v) is 8.32. The first-order valence-electron chi connectivity index (χ1n) is 12.8. The number of aliphatic hydroxyl groups is 2. The normalized spacial score (nSPS) is 45.6. The van der Waals surface area contributed by atoms with Crippen LogP contribution < -0.4 is 0 Å². The lowest BCUT2D eigenvalue weighted by Gasteiger charge is -2.61. The molecule has 0 bridgehead atoms. The average Bonchev–Trinajstić information content (AvgIpc) is 3.00. The van der Waals surface area contributed by atoms with Gasteiger partial charge >= 0.3 is 0 Å². The highest BCUT2D eigenvalue weighted by Gasteiger charge is 2.68. The predicted molar refractivity (Wildman–Crippen MR) is 123 cm³/mol. The molecule has 8 atom stereocenters. The van der Waals surface area contributed by atoms with E-state index in [0.717, 1.165) is 38.5 Å². The Labute approximate surface area is 193 Å². The molecule has 0 spiro atoms. The molecule has 0 aromatic rings. The molecule has 2 N–H and O–H groups in total. The molecular weight excluding hydrogens is 404 g/mol. The van der Waals surface area contributed by atoms with Crippen LogP contribution in [0.5, 0.6) is 0 Å². The van der Waals surface area contributed by atoms with E-state index in [1.54, 1.807) is 0 Å². The van der Waals surface area contributed by atoms with Crippen LogP contribution in [0.15, 0.2) is 11.6 Å². The van der Waals surface area contributed by atoms with Gasteiger partial charge in [-0.1, -0.05) is 46.1 Å². The lowest BCUT2D eigenvalue weighted by molar-refractivity contribution is -0.185. The zero-order chi connectivity index (χ0) is 23.3. The van der Waals surface area contributed by atoms with Crippen LogP contribution >= 0.6 is 0 Å². The van der Waals surface area contributed by atoms with Gasteiger partial charge in [0.2, 0.25) is 0 Å². The second-order valence-electron chi connectivity index (χ2n) is 11.7. The van der Waals surface area contributed by atoms with Crippen LogP contribution in [0.4, 0.5) is 0 Å². The van der Waals surface area contributed by atoms with Gasteiger partial charge in [0.05, 0.1) is 6.10 Å². The molecule has 3 fully saturated rings. The van der Waals surface area contributed by atoms with Crippen molar-refractivity contribution in [2.24, 2.45) is 34.5 Å². The van der Waals surface area contributed by atoms with E-state index in [-0.39, 0.29) is 47.3 Å². The molecule has 0 aliphatic heterocycles. The Bertz CT molecular complexity index is 789. The number of aliphatic hydroxyl groups excluding tert-OH is 1. The zero-order valence-electron chi connectivity index (χ0n) is 20.4. The van der Waals surface area contributed by atoms with Gasteiger partial charge in [0.15, 0.2) is 11.6 Å². The Morgan fingerprint density at radius 2 is 2.00 bits per heavy atom. The van der Waals surface area contributed by atoms with Crippen LogP contribution in [-0.4, -0.2) is 46.7 Å². The standard InChI is InChI=1S/C27H42O5/c1-5-6-7-12-32-16-23(30)27(31)11-9-20-19-13-17(2)21-14-18(28)8-10-25(21,3)24(19)22(29)15-26(20,27)4/h14,17,19-20,22,24,29,31H,5-13,15-16H2,1-4H3/t17?,19-,20-,22?,24+,25-,26-,27-/m0/s1. The summed E-state index contributed by atoms with van der Waals surface area (Å²) in [4.78, 5) is 25.4. The van der Waals surface area contributed by atoms with E-state index < -0.39 is 17.1 Å². The zero-order valence-corrected chi connectivity index (χ0v) is 20.4. The minimum atomic E-state index is -1.43. The predicted octanol–water partition coefficient (Wildman–Crippen LogP) is 4.24. The molecule has 4 aliphatic carbocycles. The fourth-order valence-electron chi connectivity index (χ4n) is 8.32. The van der Waals surface area contributed by atoms with Gasteiger partial charge in [0, 0.05) is 18.4 Å². The van der Waals surface area contributed by atoms with Gasteiger partial charge in [-0.15, -0.1) is 0 Å². The summed E-state index contributed by atoms with van der Waals surface area (Å²) in [5, 5.41) is 23.2. The smallest absolute Gasteiger partial charge is 0.190 e. The van der Waals surface area contributed by atoms with Crippen molar-refractivity contribution >= 4 is 11.6 Å². The Morgan fingerprint density at radius 1 is 1.25 bits per heavy atom. The lowest BCUT2D eigenvalue weighted by Crippen LogP contribution is -2.62. The highest BCUT2D eigenvalue weighted by molar-refractivity contribution is 5.92. The fraction of sp³-hybridized carbons (Fsp3) is 0.852. The summed E-state index contributed by atoms with van der Waals surface area (Å²) < 4.78 is 5.64. The first-order valence-corrected chi connectivity index (χ1v) is 12.8. The Balaban J connectivity index is 1.57. The van der Waals surface area contributed by atoms with Crippen molar-refractivity contribution < 1.29 is 24.5 Å². The summed E-state index contributed by atoms with van der Waals surface area (Å²) in [5.74, 6) is 0.802. The number of Topliss-reactive ketones (excluding diaryl/α,β-unsaturated/α-hetero) is 1. The molecule has 180 valence electrons. The molecule has 2 unspecified atom stereocenters. The van der Waals surface area contributed by atoms with Gasteiger partial charge in [0.25, 0.3) is 0 Å². The molecule has 0 saturated heterocycles. The third kappa shape index (κ3) is 3.54. The van der Waals surface area contributed by atoms with Gasteiger partial charge in [0.1, 0.15) is 12.2 Å². The summed E-state index contributed by atoms with van der Waals surface area (Å²) in [5.41, 5.74) is -1.04. The highest BCUT2D eigenvalue weighted by atomic mass is 16.5. The molecular formula is C27H42O5. The van der Waals surface area contributed by atoms with E-state index in [1.807, 2.05) is 13.0 Å². The molecule has 0 aromatic heterocycles. The summed E-state index contributed by atoms with van der Waals surface area (Å²) in [6, 6.07) is 0. The van der Waals surface area contributed by atoms with Crippen molar-refractivity contribution in [2.75, 3.05) is 13.2 Å². The highest BCUT2D eigenvalue weighted by Crippen LogP contribution is 2.68. The summed E-state index contributed by atoms with van der Waals surface area (Å²) in [6.45, 7) is 9.10. The SMILES string of the molecule is CCCCCOCC(=O)[C@@]1(O)CC[C@H]2[C@@H]3CC(C)C4=CC(=O)CC[C@]4(C)[C@H]3C(O)C[C@@]21C. The largest absolute Gasteiger partial charge is 0.393 e. The molecule has 5 nitrogen and oxygen atoms in total. The molecule has 5 heteroatoms. The van der Waals surface area contributed by atoms with E-state index in [4.69, 9.17) is 4.74 Å². The number of carbonyl (C=O) groups excluding carboxylic acids is 2. The van der Waals surface area contributed by atoms with Gasteiger partial charge in [-0.2, -0.15) is 0 Å². The van der Waals surface area contributed by atoms with Crippen molar-refractivity contribution in [3.8, 4) is 0 Å². The number of unbranched alkanes of at least 4 members (excludes halogenated alkanes) is 2. The minimum absolute atomic E-state index is 0.0458. The summed E-state index contributed by atoms with van der Waals surface area (Å²) in [7, 11) is 0. The van der Waals surface area contributed by atoms with E-state index in [0.29, 0.717) is 25.9 Å². The number of hydrogen-bond acceptors (Lipinski definition) is 5. The molecule has 3 saturated carbocycles. The van der Waals surface area contributed by atoms with Crippen LogP contribution in [0.2, 0.25) is 0 Å². The second kappa shape index (κ2) is 8.63. The Hall–Kier alpha value is -1.04. The van der Waals surface area contributed by atoms with Crippen LogP contribution in [0.3, 0.4) is 0 Å². The van der Waals surface area contributed by atoms with Crippen LogP contribution in [0.1, 0.15) is 85.5 Å². The van der Waals surface area contributed by atoms with E-state index in [1.165, 1.54) is 5.57 Å². The monoisotopic (exact) mass is 446 g/mol. The first-order chi connectivity index (χ1) is 15.1. The van der Waals surface area contributed by atoms with Crippen LogP contribution in [0.25, 0.3) is 0 Å². The maximum absolute atomic E-state index is 13.2. The number of allylic oxidation sites excluding steroid dienone is 1. The quantitative estimate of drug-likeness (QED) is 0.572. The lowest BCUT2D eigenvalue weighted by atomic mass is 9.44. The molecule has 0 aromatic carbocycles. The van der Waals surface area contributed by atoms with Gasteiger partial charge in [-0.05, 0) is 73.7 Å². The average molecular weight is 447 g/mol. The Morgan fingerprint density at radius 3 is 2.72 bits per heavy atom. The molecule has 4 rings (SSSR count). The van der Waals surface area contributed by atoms with Crippen molar-refractivity contribution in [3.05, 3.63) is 11.6 Å². The minimum Gasteiger partial charge on any atom is -0.393 e. The second-order valence-corrected chi connectivity index (χ2v) is 11.7. The van der Waals surface area contributed by atoms with Crippen molar-refractivity contribution in [1.29, 1.82) is 0 Å². The summed E-state index contributed by atoms with van der Waals surface area (Å²) >= 11 is 0. The van der Waals surface area contributed by atoms with E-state index in [9.17, 15) is 19.8 Å². The van der Waals surface area contributed by atoms with Gasteiger partial charge < -0.3 is 14.9 Å². The van der Waals surface area contributed by atoms with Crippen molar-refractivity contribution in [2.45, 2.75) is 97.2 Å². The number of carbonyl (C=O) groups is 2. The van der Waals surface area contributed by atoms with Crippen molar-refractivity contribution in [1.82, 2.24) is 0 Å². The number of ketones is 2. The number of ether oxygens (including phenoxy) is 1. The summed E-state index contributed by atoms with van der Waals surface area (Å²) in [6.07, 6.45) is 8.32. The van der Waals surface area contributed by atoms with Crippen molar-refractivity contribution in [3.63, 3.8) is 0 Å². The first kappa shape index (κ1) is 24.1. The van der Waals surface area contributed by atoms with Gasteiger partial charge in [-0.3, -0.25) is 9.59 Å². The third-order valence-electron chi connectivity index (χ3n) is 9.95. The molecule has 0 radical (unpaired) electrons. The van der Waals surface area contributed by atoms with E-state index >= 15 is 0 Å². The molecule has 0 amide bonds.